The zero-order valence-corrected chi connectivity index (χ0v) is 17.8. The summed E-state index contributed by atoms with van der Waals surface area (Å²) in [6.07, 6.45) is 12.3. The molecule has 0 aliphatic rings. The highest BCUT2D eigenvalue weighted by atomic mass is 14.2. The Morgan fingerprint density at radius 1 is 0.593 bits per heavy atom. The average Bonchev–Trinajstić information content (AvgIpc) is 2.69. The molecule has 0 N–H and O–H groups in total. The van der Waals surface area contributed by atoms with Gasteiger partial charge in [0, 0.05) is 0 Å². The van der Waals surface area contributed by atoms with Crippen LogP contribution >= 0.6 is 0 Å². The van der Waals surface area contributed by atoms with Gasteiger partial charge in [-0.05, 0) is 77.4 Å². The Balaban J connectivity index is 1.80. The van der Waals surface area contributed by atoms with Crippen LogP contribution in [-0.2, 0) is 6.42 Å². The summed E-state index contributed by atoms with van der Waals surface area (Å²) in [5.74, 6) is 0. The van der Waals surface area contributed by atoms with Gasteiger partial charge in [0.2, 0.25) is 0 Å². The molecule has 0 fully saturated rings. The lowest BCUT2D eigenvalue weighted by Crippen LogP contribution is -1.99. The standard InChI is InChI=1S/C27H36/c1-5-6-7-8-9-10-11-12-16-24-21(3)20(2)22(4)27-25-17-14-13-15-23(25)18-19-26(24)27/h13-15,17-19H,5-12,16H2,1-4H3. The fraction of sp³-hybridized carbons (Fsp3) is 0.481. The van der Waals surface area contributed by atoms with Crippen molar-refractivity contribution < 1.29 is 0 Å². The molecular formula is C27H36. The van der Waals surface area contributed by atoms with Crippen LogP contribution < -0.4 is 0 Å². The zero-order chi connectivity index (χ0) is 19.2. The first-order chi connectivity index (χ1) is 13.1. The van der Waals surface area contributed by atoms with Crippen molar-refractivity contribution in [1.29, 1.82) is 0 Å². The lowest BCUT2D eigenvalue weighted by atomic mass is 9.86. The molecule has 0 unspecified atom stereocenters. The second-order valence-corrected chi connectivity index (χ2v) is 8.29. The monoisotopic (exact) mass is 360 g/mol. The van der Waals surface area contributed by atoms with Crippen LogP contribution in [0.2, 0.25) is 0 Å². The number of unbranched alkanes of at least 4 members (excludes halogenated alkanes) is 7. The quantitative estimate of drug-likeness (QED) is 0.265. The molecule has 0 saturated carbocycles. The van der Waals surface area contributed by atoms with Crippen LogP contribution in [0.25, 0.3) is 21.5 Å². The molecule has 0 nitrogen and oxygen atoms in total. The molecule has 0 heteroatoms. The first-order valence-electron chi connectivity index (χ1n) is 11.0. The van der Waals surface area contributed by atoms with Gasteiger partial charge in [-0.15, -0.1) is 0 Å². The van der Waals surface area contributed by atoms with Crippen LogP contribution in [0.5, 0.6) is 0 Å². The number of aryl methyl sites for hydroxylation is 2. The number of fused-ring (bicyclic) bond motifs is 3. The number of rotatable bonds is 9. The molecule has 0 bridgehead atoms. The van der Waals surface area contributed by atoms with E-state index in [-0.39, 0.29) is 0 Å². The summed E-state index contributed by atoms with van der Waals surface area (Å²) in [6, 6.07) is 13.5. The second kappa shape index (κ2) is 9.40. The minimum absolute atomic E-state index is 1.22. The smallest absolute Gasteiger partial charge is 0.00705 e. The van der Waals surface area contributed by atoms with Gasteiger partial charge in [-0.25, -0.2) is 0 Å². The lowest BCUT2D eigenvalue weighted by molar-refractivity contribution is 0.575. The summed E-state index contributed by atoms with van der Waals surface area (Å²) < 4.78 is 0. The lowest BCUT2D eigenvalue weighted by Gasteiger charge is -2.18. The fourth-order valence-corrected chi connectivity index (χ4v) is 4.58. The Kier molecular flexibility index (Phi) is 6.94. The Morgan fingerprint density at radius 2 is 1.26 bits per heavy atom. The van der Waals surface area contributed by atoms with E-state index in [9.17, 15) is 0 Å². The van der Waals surface area contributed by atoms with E-state index in [4.69, 9.17) is 0 Å². The summed E-state index contributed by atoms with van der Waals surface area (Å²) in [7, 11) is 0. The van der Waals surface area contributed by atoms with E-state index < -0.39 is 0 Å². The van der Waals surface area contributed by atoms with Crippen molar-refractivity contribution in [2.24, 2.45) is 0 Å². The molecule has 0 spiro atoms. The third-order valence-corrected chi connectivity index (χ3v) is 6.49. The third-order valence-electron chi connectivity index (χ3n) is 6.49. The van der Waals surface area contributed by atoms with Crippen LogP contribution in [0.3, 0.4) is 0 Å². The SMILES string of the molecule is CCCCCCCCCCc1c(C)c(C)c(C)c2c1ccc1ccccc12. The van der Waals surface area contributed by atoms with Gasteiger partial charge in [0.05, 0.1) is 0 Å². The Morgan fingerprint density at radius 3 is 2.00 bits per heavy atom. The molecule has 0 aliphatic heterocycles. The first kappa shape index (κ1) is 19.9. The van der Waals surface area contributed by atoms with E-state index in [1.807, 2.05) is 0 Å². The highest BCUT2D eigenvalue weighted by molar-refractivity contribution is 6.10. The number of benzene rings is 3. The van der Waals surface area contributed by atoms with Crippen molar-refractivity contribution in [2.45, 2.75) is 85.5 Å². The Bertz CT molecular complexity index is 901. The molecule has 27 heavy (non-hydrogen) atoms. The predicted molar refractivity (Wildman–Crippen MR) is 122 cm³/mol. The minimum atomic E-state index is 1.22. The van der Waals surface area contributed by atoms with Crippen molar-refractivity contribution in [3.8, 4) is 0 Å². The van der Waals surface area contributed by atoms with Crippen molar-refractivity contribution in [3.63, 3.8) is 0 Å². The van der Waals surface area contributed by atoms with Crippen molar-refractivity contribution in [3.05, 3.63) is 58.7 Å². The third kappa shape index (κ3) is 4.37. The van der Waals surface area contributed by atoms with E-state index in [1.54, 1.807) is 5.56 Å². The highest BCUT2D eigenvalue weighted by Gasteiger charge is 2.13. The first-order valence-corrected chi connectivity index (χ1v) is 11.0. The molecule has 0 heterocycles. The summed E-state index contributed by atoms with van der Waals surface area (Å²) in [4.78, 5) is 0. The highest BCUT2D eigenvalue weighted by Crippen LogP contribution is 2.35. The molecule has 3 rings (SSSR count). The van der Waals surface area contributed by atoms with Crippen LogP contribution in [-0.4, -0.2) is 0 Å². The van der Waals surface area contributed by atoms with Gasteiger partial charge in [-0.2, -0.15) is 0 Å². The van der Waals surface area contributed by atoms with Crippen molar-refractivity contribution >= 4 is 21.5 Å². The topological polar surface area (TPSA) is 0 Å². The van der Waals surface area contributed by atoms with Gasteiger partial charge in [0.25, 0.3) is 0 Å². The molecule has 0 aromatic heterocycles. The van der Waals surface area contributed by atoms with E-state index >= 15 is 0 Å². The largest absolute Gasteiger partial charge is 0.0654 e. The van der Waals surface area contributed by atoms with Gasteiger partial charge in [0.1, 0.15) is 0 Å². The summed E-state index contributed by atoms with van der Waals surface area (Å²) >= 11 is 0. The fourth-order valence-electron chi connectivity index (χ4n) is 4.58. The van der Waals surface area contributed by atoms with Crippen molar-refractivity contribution in [1.82, 2.24) is 0 Å². The van der Waals surface area contributed by atoms with Crippen LogP contribution in [0.4, 0.5) is 0 Å². The van der Waals surface area contributed by atoms with Gasteiger partial charge in [0.15, 0.2) is 0 Å². The molecule has 144 valence electrons. The molecule has 0 radical (unpaired) electrons. The summed E-state index contributed by atoms with van der Waals surface area (Å²) in [5.41, 5.74) is 6.04. The predicted octanol–water partition coefficient (Wildman–Crippen LogP) is 8.60. The van der Waals surface area contributed by atoms with Gasteiger partial charge >= 0.3 is 0 Å². The maximum absolute atomic E-state index is 2.37. The molecule has 3 aromatic carbocycles. The van der Waals surface area contributed by atoms with E-state index in [1.165, 1.54) is 96.0 Å². The molecule has 0 amide bonds. The average molecular weight is 361 g/mol. The Labute approximate surface area is 166 Å². The molecule has 0 atom stereocenters. The maximum atomic E-state index is 2.37. The van der Waals surface area contributed by atoms with Crippen molar-refractivity contribution in [2.75, 3.05) is 0 Å². The van der Waals surface area contributed by atoms with Gasteiger partial charge < -0.3 is 0 Å². The van der Waals surface area contributed by atoms with Gasteiger partial charge in [-0.3, -0.25) is 0 Å². The molecule has 3 aromatic rings. The van der Waals surface area contributed by atoms with E-state index in [0.717, 1.165) is 0 Å². The van der Waals surface area contributed by atoms with Crippen LogP contribution in [0.1, 0.15) is 80.5 Å². The maximum Gasteiger partial charge on any atom is -0.00705 e. The number of hydrogen-bond donors (Lipinski definition) is 0. The zero-order valence-electron chi connectivity index (χ0n) is 17.8. The van der Waals surface area contributed by atoms with E-state index in [2.05, 4.69) is 64.1 Å². The molecule has 0 saturated heterocycles. The molecule has 0 aliphatic carbocycles. The van der Waals surface area contributed by atoms with Crippen LogP contribution in [0, 0.1) is 20.8 Å². The summed E-state index contributed by atoms with van der Waals surface area (Å²) in [6.45, 7) is 9.23. The molecular weight excluding hydrogens is 324 g/mol. The normalized spacial score (nSPS) is 11.6. The van der Waals surface area contributed by atoms with Gasteiger partial charge in [-0.1, -0.05) is 88.3 Å². The van der Waals surface area contributed by atoms with E-state index in [0.29, 0.717) is 0 Å². The summed E-state index contributed by atoms with van der Waals surface area (Å²) in [5, 5.41) is 5.73. The number of hydrogen-bond acceptors (Lipinski definition) is 0. The van der Waals surface area contributed by atoms with Crippen LogP contribution in [0.15, 0.2) is 36.4 Å². The second-order valence-electron chi connectivity index (χ2n) is 8.29. The Hall–Kier alpha value is -1.82. The minimum Gasteiger partial charge on any atom is -0.0654 e.